The molecule has 0 aliphatic carbocycles. The van der Waals surface area contributed by atoms with E-state index in [4.69, 9.17) is 16.6 Å². The first-order valence-electron chi connectivity index (χ1n) is 9.27. The zero-order valence-corrected chi connectivity index (χ0v) is 17.4. The number of likely N-dealkylation sites (tertiary alicyclic amines) is 1. The predicted octanol–water partition coefficient (Wildman–Crippen LogP) is 0.750. The highest BCUT2D eigenvalue weighted by atomic mass is 32.1. The van der Waals surface area contributed by atoms with Crippen LogP contribution in [0.2, 0.25) is 0 Å². The number of esters is 1. The molecular weight excluding hydrogens is 424 g/mol. The predicted molar refractivity (Wildman–Crippen MR) is 111 cm³/mol. The molecule has 0 radical (unpaired) electrons. The Kier molecular flexibility index (Phi) is 6.98. The van der Waals surface area contributed by atoms with Gasteiger partial charge >= 0.3 is 5.97 Å². The van der Waals surface area contributed by atoms with Crippen LogP contribution in [-0.2, 0) is 20.9 Å². The lowest BCUT2D eigenvalue weighted by Crippen LogP contribution is -2.50. The second-order valence-electron chi connectivity index (χ2n) is 6.72. The molecule has 1 unspecified atom stereocenters. The molecule has 3 N–H and O–H groups in total. The number of rotatable bonds is 5. The van der Waals surface area contributed by atoms with Crippen LogP contribution >= 0.6 is 12.2 Å². The van der Waals surface area contributed by atoms with Crippen LogP contribution in [0, 0.1) is 5.92 Å². The lowest BCUT2D eigenvalue weighted by Gasteiger charge is -2.16. The Balaban J connectivity index is 1.47. The van der Waals surface area contributed by atoms with E-state index in [0.717, 1.165) is 0 Å². The first-order valence-corrected chi connectivity index (χ1v) is 9.68. The van der Waals surface area contributed by atoms with Gasteiger partial charge in [-0.1, -0.05) is 6.07 Å². The molecule has 162 valence electrons. The molecule has 1 fully saturated rings. The number of nitrogens with one attached hydrogen (secondary N) is 3. The Morgan fingerprint density at radius 1 is 1.19 bits per heavy atom. The number of carbonyl (C=O) groups excluding carboxylic acids is 4. The molecule has 2 heterocycles. The molecular formula is C20H20N4O6S. The average Bonchev–Trinajstić information content (AvgIpc) is 3.41. The fourth-order valence-electron chi connectivity index (χ4n) is 3.02. The molecule has 0 saturated carbocycles. The van der Waals surface area contributed by atoms with Gasteiger partial charge in [0.2, 0.25) is 11.8 Å². The van der Waals surface area contributed by atoms with E-state index in [1.165, 1.54) is 42.5 Å². The highest BCUT2D eigenvalue weighted by molar-refractivity contribution is 7.80. The Morgan fingerprint density at radius 2 is 1.97 bits per heavy atom. The Bertz CT molecular complexity index is 1010. The maximum absolute atomic E-state index is 12.4. The normalized spacial score (nSPS) is 15.3. The summed E-state index contributed by atoms with van der Waals surface area (Å²) < 4.78 is 9.85. The molecule has 3 amide bonds. The standard InChI is InChI=1S/C20H20N4O6S/c1-29-19(28)13-5-2-4-12(8-13)17(26)21-20(31)23-22-18(27)14-9-16(25)24(10-14)11-15-6-3-7-30-15/h2-8,14H,9-11H2,1H3,(H,22,27)(H2,21,23,26,31). The molecule has 0 bridgehead atoms. The maximum atomic E-state index is 12.4. The number of carbonyl (C=O) groups is 4. The highest BCUT2D eigenvalue weighted by Gasteiger charge is 2.34. The van der Waals surface area contributed by atoms with Gasteiger partial charge in [0.1, 0.15) is 5.76 Å². The van der Waals surface area contributed by atoms with Crippen molar-refractivity contribution in [2.45, 2.75) is 13.0 Å². The summed E-state index contributed by atoms with van der Waals surface area (Å²) in [5.41, 5.74) is 5.25. The first-order chi connectivity index (χ1) is 14.9. The number of furan rings is 1. The lowest BCUT2D eigenvalue weighted by molar-refractivity contribution is -0.129. The molecule has 11 heteroatoms. The van der Waals surface area contributed by atoms with E-state index in [0.29, 0.717) is 12.3 Å². The van der Waals surface area contributed by atoms with Crippen LogP contribution in [0.15, 0.2) is 47.1 Å². The van der Waals surface area contributed by atoms with Crippen molar-refractivity contribution in [3.05, 3.63) is 59.5 Å². The third kappa shape index (κ3) is 5.66. The molecule has 1 aromatic heterocycles. The minimum absolute atomic E-state index is 0.0632. The van der Waals surface area contributed by atoms with Crippen LogP contribution in [0.3, 0.4) is 0 Å². The molecule has 31 heavy (non-hydrogen) atoms. The van der Waals surface area contributed by atoms with Crippen LogP contribution in [0.4, 0.5) is 0 Å². The van der Waals surface area contributed by atoms with Gasteiger partial charge in [-0.2, -0.15) is 0 Å². The smallest absolute Gasteiger partial charge is 0.337 e. The summed E-state index contributed by atoms with van der Waals surface area (Å²) >= 11 is 5.01. The number of hydrogen-bond donors (Lipinski definition) is 3. The van der Waals surface area contributed by atoms with Crippen molar-refractivity contribution in [3.8, 4) is 0 Å². The van der Waals surface area contributed by atoms with E-state index in [1.807, 2.05) is 0 Å². The number of hydrogen-bond acceptors (Lipinski definition) is 7. The lowest BCUT2D eigenvalue weighted by atomic mass is 10.1. The number of amides is 3. The molecule has 1 atom stereocenters. The maximum Gasteiger partial charge on any atom is 0.337 e. The van der Waals surface area contributed by atoms with E-state index in [2.05, 4.69) is 20.9 Å². The van der Waals surface area contributed by atoms with Crippen molar-refractivity contribution in [3.63, 3.8) is 0 Å². The summed E-state index contributed by atoms with van der Waals surface area (Å²) in [6, 6.07) is 9.39. The molecule has 1 aliphatic rings. The van der Waals surface area contributed by atoms with E-state index in [-0.39, 0.29) is 35.1 Å². The summed E-state index contributed by atoms with van der Waals surface area (Å²) in [6.45, 7) is 0.536. The largest absolute Gasteiger partial charge is 0.467 e. The fourth-order valence-corrected chi connectivity index (χ4v) is 3.17. The van der Waals surface area contributed by atoms with Gasteiger partial charge in [-0.05, 0) is 42.5 Å². The minimum Gasteiger partial charge on any atom is -0.467 e. The third-order valence-electron chi connectivity index (χ3n) is 4.58. The number of ether oxygens (including phenoxy) is 1. The molecule has 1 saturated heterocycles. The van der Waals surface area contributed by atoms with Crippen molar-refractivity contribution in [2.24, 2.45) is 5.92 Å². The van der Waals surface area contributed by atoms with Crippen LogP contribution in [0.1, 0.15) is 32.9 Å². The number of benzene rings is 1. The zero-order chi connectivity index (χ0) is 22.4. The number of hydrazine groups is 1. The molecule has 2 aromatic rings. The van der Waals surface area contributed by atoms with Gasteiger partial charge in [0.05, 0.1) is 31.4 Å². The summed E-state index contributed by atoms with van der Waals surface area (Å²) in [5, 5.41) is 2.26. The van der Waals surface area contributed by atoms with Crippen molar-refractivity contribution < 1.29 is 28.3 Å². The Labute approximate surface area is 182 Å². The van der Waals surface area contributed by atoms with Gasteiger partial charge in [0, 0.05) is 18.5 Å². The zero-order valence-electron chi connectivity index (χ0n) is 16.5. The minimum atomic E-state index is -0.574. The monoisotopic (exact) mass is 444 g/mol. The molecule has 10 nitrogen and oxygen atoms in total. The molecule has 3 rings (SSSR count). The van der Waals surface area contributed by atoms with Crippen LogP contribution in [0.25, 0.3) is 0 Å². The van der Waals surface area contributed by atoms with Crippen LogP contribution in [-0.4, -0.2) is 47.4 Å². The van der Waals surface area contributed by atoms with Crippen molar-refractivity contribution in [1.82, 2.24) is 21.1 Å². The topological polar surface area (TPSA) is 130 Å². The van der Waals surface area contributed by atoms with Gasteiger partial charge < -0.3 is 14.1 Å². The second-order valence-corrected chi connectivity index (χ2v) is 7.13. The van der Waals surface area contributed by atoms with Crippen LogP contribution < -0.4 is 16.2 Å². The Hall–Kier alpha value is -3.73. The van der Waals surface area contributed by atoms with Crippen molar-refractivity contribution in [1.29, 1.82) is 0 Å². The van der Waals surface area contributed by atoms with Crippen molar-refractivity contribution >= 4 is 41.0 Å². The summed E-state index contributed by atoms with van der Waals surface area (Å²) in [5.74, 6) is -1.66. The van der Waals surface area contributed by atoms with Gasteiger partial charge in [-0.25, -0.2) is 4.79 Å². The highest BCUT2D eigenvalue weighted by Crippen LogP contribution is 2.20. The van der Waals surface area contributed by atoms with Crippen molar-refractivity contribution in [2.75, 3.05) is 13.7 Å². The first kappa shape index (κ1) is 22.0. The molecule has 0 spiro atoms. The second kappa shape index (κ2) is 9.85. The summed E-state index contributed by atoms with van der Waals surface area (Å²) in [4.78, 5) is 49.9. The quantitative estimate of drug-likeness (QED) is 0.350. The summed E-state index contributed by atoms with van der Waals surface area (Å²) in [7, 11) is 1.24. The average molecular weight is 444 g/mol. The Morgan fingerprint density at radius 3 is 2.68 bits per heavy atom. The number of nitrogens with zero attached hydrogens (tertiary/aromatic N) is 1. The van der Waals surface area contributed by atoms with Gasteiger partial charge in [-0.15, -0.1) is 0 Å². The number of thiocarbonyl (C=S) groups is 1. The SMILES string of the molecule is COC(=O)c1cccc(C(=O)NC(=S)NNC(=O)C2CC(=O)N(Cc3ccco3)C2)c1. The fraction of sp³-hybridized carbons (Fsp3) is 0.250. The van der Waals surface area contributed by atoms with Gasteiger partial charge in [0.15, 0.2) is 5.11 Å². The number of methoxy groups -OCH3 is 1. The molecule has 1 aliphatic heterocycles. The molecule has 1 aromatic carbocycles. The van der Waals surface area contributed by atoms with E-state index < -0.39 is 23.7 Å². The van der Waals surface area contributed by atoms with Crippen LogP contribution in [0.5, 0.6) is 0 Å². The van der Waals surface area contributed by atoms with Gasteiger partial charge in [0.25, 0.3) is 5.91 Å². The third-order valence-corrected chi connectivity index (χ3v) is 4.79. The van der Waals surface area contributed by atoms with E-state index in [9.17, 15) is 19.2 Å². The van der Waals surface area contributed by atoms with E-state index >= 15 is 0 Å². The van der Waals surface area contributed by atoms with Gasteiger partial charge in [-0.3, -0.25) is 30.6 Å². The summed E-state index contributed by atoms with van der Waals surface area (Å²) in [6.07, 6.45) is 1.58. The van der Waals surface area contributed by atoms with E-state index in [1.54, 1.807) is 12.1 Å².